The predicted octanol–water partition coefficient (Wildman–Crippen LogP) is 0.603. The van der Waals surface area contributed by atoms with Gasteiger partial charge in [-0.25, -0.2) is 4.98 Å². The summed E-state index contributed by atoms with van der Waals surface area (Å²) >= 11 is 0. The lowest BCUT2D eigenvalue weighted by Gasteiger charge is -2.21. The quantitative estimate of drug-likeness (QED) is 0.824. The minimum absolute atomic E-state index is 0.0310. The van der Waals surface area contributed by atoms with E-state index >= 15 is 0 Å². The first-order valence-electron chi connectivity index (χ1n) is 6.77. The van der Waals surface area contributed by atoms with E-state index in [9.17, 15) is 4.79 Å². The van der Waals surface area contributed by atoms with Crippen LogP contribution in [0.3, 0.4) is 0 Å². The Hall–Kier alpha value is -1.66. The maximum Gasteiger partial charge on any atom is 0.242 e. The Morgan fingerprint density at radius 1 is 1.65 bits per heavy atom. The van der Waals surface area contributed by atoms with E-state index < -0.39 is 5.54 Å². The molecule has 1 saturated heterocycles. The number of nitrogens with one attached hydrogen (secondary N) is 1. The second-order valence-electron chi connectivity index (χ2n) is 5.28. The smallest absolute Gasteiger partial charge is 0.242 e. The topological polar surface area (TPSA) is 86.5 Å². The molecule has 20 heavy (non-hydrogen) atoms. The van der Waals surface area contributed by atoms with Gasteiger partial charge in [-0.3, -0.25) is 4.79 Å². The molecule has 1 aromatic heterocycles. The van der Waals surface area contributed by atoms with Crippen molar-refractivity contribution in [2.45, 2.75) is 38.5 Å². The van der Waals surface area contributed by atoms with Crippen molar-refractivity contribution in [2.24, 2.45) is 5.73 Å². The standard InChI is InChI=1S/C14H21N3O3/c1-10(2)20-12-11(4-3-6-16-12)8-17-13(18)14(15)5-7-19-9-14/h3-4,6,10H,5,7-9,15H2,1-2H3,(H,17,18). The van der Waals surface area contributed by atoms with Crippen LogP contribution in [-0.4, -0.2) is 35.7 Å². The van der Waals surface area contributed by atoms with Gasteiger partial charge in [-0.1, -0.05) is 6.07 Å². The highest BCUT2D eigenvalue weighted by molar-refractivity contribution is 5.86. The van der Waals surface area contributed by atoms with E-state index in [1.165, 1.54) is 0 Å². The molecule has 6 nitrogen and oxygen atoms in total. The van der Waals surface area contributed by atoms with Crippen molar-refractivity contribution in [2.75, 3.05) is 13.2 Å². The van der Waals surface area contributed by atoms with Crippen LogP contribution in [0, 0.1) is 0 Å². The molecule has 0 bridgehead atoms. The SMILES string of the molecule is CC(C)Oc1ncccc1CNC(=O)C1(N)CCOC1. The number of nitrogens with two attached hydrogens (primary N) is 1. The molecule has 1 atom stereocenters. The molecule has 110 valence electrons. The van der Waals surface area contributed by atoms with Gasteiger partial charge < -0.3 is 20.5 Å². The fourth-order valence-electron chi connectivity index (χ4n) is 2.00. The highest BCUT2D eigenvalue weighted by Crippen LogP contribution is 2.18. The van der Waals surface area contributed by atoms with Gasteiger partial charge in [0.05, 0.1) is 12.7 Å². The van der Waals surface area contributed by atoms with Gasteiger partial charge in [0.25, 0.3) is 0 Å². The number of pyridine rings is 1. The molecule has 0 spiro atoms. The normalized spacial score (nSPS) is 22.0. The Morgan fingerprint density at radius 2 is 2.45 bits per heavy atom. The summed E-state index contributed by atoms with van der Waals surface area (Å²) in [5.74, 6) is 0.339. The third kappa shape index (κ3) is 3.46. The summed E-state index contributed by atoms with van der Waals surface area (Å²) in [6, 6.07) is 3.69. The van der Waals surface area contributed by atoms with Gasteiger partial charge in [-0.15, -0.1) is 0 Å². The lowest BCUT2D eigenvalue weighted by atomic mass is 9.99. The van der Waals surface area contributed by atoms with E-state index in [-0.39, 0.29) is 18.6 Å². The van der Waals surface area contributed by atoms with E-state index in [0.29, 0.717) is 25.5 Å². The molecule has 1 unspecified atom stereocenters. The summed E-state index contributed by atoms with van der Waals surface area (Å²) in [6.07, 6.45) is 2.24. The third-order valence-corrected chi connectivity index (χ3v) is 3.14. The van der Waals surface area contributed by atoms with Crippen molar-refractivity contribution in [1.82, 2.24) is 10.3 Å². The van der Waals surface area contributed by atoms with Gasteiger partial charge in [0.15, 0.2) is 0 Å². The second-order valence-corrected chi connectivity index (χ2v) is 5.28. The van der Waals surface area contributed by atoms with E-state index in [0.717, 1.165) is 5.56 Å². The Labute approximate surface area is 118 Å². The zero-order chi connectivity index (χ0) is 14.6. The van der Waals surface area contributed by atoms with Gasteiger partial charge in [0.1, 0.15) is 5.54 Å². The molecular weight excluding hydrogens is 258 g/mol. The van der Waals surface area contributed by atoms with Gasteiger partial charge >= 0.3 is 0 Å². The molecule has 6 heteroatoms. The first-order chi connectivity index (χ1) is 9.51. The molecule has 3 N–H and O–H groups in total. The van der Waals surface area contributed by atoms with E-state index in [1.54, 1.807) is 6.20 Å². The summed E-state index contributed by atoms with van der Waals surface area (Å²) < 4.78 is 10.8. The number of hydrogen-bond acceptors (Lipinski definition) is 5. The number of ether oxygens (including phenoxy) is 2. The molecule has 0 saturated carbocycles. The minimum atomic E-state index is -0.915. The van der Waals surface area contributed by atoms with E-state index in [2.05, 4.69) is 10.3 Å². The fraction of sp³-hybridized carbons (Fsp3) is 0.571. The van der Waals surface area contributed by atoms with Gasteiger partial charge in [0.2, 0.25) is 11.8 Å². The van der Waals surface area contributed by atoms with Crippen molar-refractivity contribution in [3.8, 4) is 5.88 Å². The highest BCUT2D eigenvalue weighted by atomic mass is 16.5. The number of amides is 1. The van der Waals surface area contributed by atoms with Crippen LogP contribution in [0.5, 0.6) is 5.88 Å². The molecule has 1 aliphatic heterocycles. The van der Waals surface area contributed by atoms with Crippen LogP contribution in [-0.2, 0) is 16.1 Å². The molecule has 0 radical (unpaired) electrons. The number of hydrogen-bond donors (Lipinski definition) is 2. The Balaban J connectivity index is 1.98. The molecular formula is C14H21N3O3. The first-order valence-corrected chi connectivity index (χ1v) is 6.77. The largest absolute Gasteiger partial charge is 0.475 e. The van der Waals surface area contributed by atoms with Crippen molar-refractivity contribution in [3.05, 3.63) is 23.9 Å². The molecule has 1 aromatic rings. The number of nitrogens with zero attached hydrogens (tertiary/aromatic N) is 1. The van der Waals surface area contributed by atoms with Crippen LogP contribution in [0.15, 0.2) is 18.3 Å². The highest BCUT2D eigenvalue weighted by Gasteiger charge is 2.38. The lowest BCUT2D eigenvalue weighted by molar-refractivity contribution is -0.126. The van der Waals surface area contributed by atoms with E-state index in [4.69, 9.17) is 15.2 Å². The molecule has 0 aromatic carbocycles. The molecule has 2 rings (SSSR count). The van der Waals surface area contributed by atoms with Gasteiger partial charge in [0, 0.05) is 24.9 Å². The molecule has 2 heterocycles. The van der Waals surface area contributed by atoms with Crippen LogP contribution in [0.2, 0.25) is 0 Å². The average molecular weight is 279 g/mol. The number of aromatic nitrogens is 1. The van der Waals surface area contributed by atoms with Crippen LogP contribution in [0.4, 0.5) is 0 Å². The summed E-state index contributed by atoms with van der Waals surface area (Å²) in [4.78, 5) is 16.3. The minimum Gasteiger partial charge on any atom is -0.475 e. The van der Waals surface area contributed by atoms with Crippen LogP contribution < -0.4 is 15.8 Å². The Morgan fingerprint density at radius 3 is 3.10 bits per heavy atom. The maximum atomic E-state index is 12.1. The average Bonchev–Trinajstić information content (AvgIpc) is 2.85. The van der Waals surface area contributed by atoms with Crippen molar-refractivity contribution < 1.29 is 14.3 Å². The predicted molar refractivity (Wildman–Crippen MR) is 74.2 cm³/mol. The molecule has 1 amide bonds. The lowest BCUT2D eigenvalue weighted by Crippen LogP contribution is -2.54. The van der Waals surface area contributed by atoms with Crippen molar-refractivity contribution >= 4 is 5.91 Å². The molecule has 1 fully saturated rings. The second kappa shape index (κ2) is 6.19. The van der Waals surface area contributed by atoms with Gasteiger partial charge in [-0.05, 0) is 26.3 Å². The monoisotopic (exact) mass is 279 g/mol. The maximum absolute atomic E-state index is 12.1. The Bertz CT molecular complexity index is 470. The van der Waals surface area contributed by atoms with Gasteiger partial charge in [-0.2, -0.15) is 0 Å². The zero-order valence-corrected chi connectivity index (χ0v) is 11.9. The van der Waals surface area contributed by atoms with E-state index in [1.807, 2.05) is 26.0 Å². The summed E-state index contributed by atoms with van der Waals surface area (Å²) in [6.45, 7) is 5.00. The summed E-state index contributed by atoms with van der Waals surface area (Å²) in [5, 5.41) is 2.83. The summed E-state index contributed by atoms with van der Waals surface area (Å²) in [5.41, 5.74) is 5.92. The third-order valence-electron chi connectivity index (χ3n) is 3.14. The van der Waals surface area contributed by atoms with Crippen LogP contribution >= 0.6 is 0 Å². The van der Waals surface area contributed by atoms with Crippen LogP contribution in [0.25, 0.3) is 0 Å². The number of rotatable bonds is 5. The van der Waals surface area contributed by atoms with Crippen molar-refractivity contribution in [1.29, 1.82) is 0 Å². The number of carbonyl (C=O) groups excluding carboxylic acids is 1. The van der Waals surface area contributed by atoms with Crippen LogP contribution in [0.1, 0.15) is 25.8 Å². The fourth-order valence-corrected chi connectivity index (χ4v) is 2.00. The molecule has 0 aliphatic carbocycles. The zero-order valence-electron chi connectivity index (χ0n) is 11.9. The summed E-state index contributed by atoms with van der Waals surface area (Å²) in [7, 11) is 0. The van der Waals surface area contributed by atoms with Crippen molar-refractivity contribution in [3.63, 3.8) is 0 Å². The number of carbonyl (C=O) groups is 1. The first kappa shape index (κ1) is 14.7. The molecule has 1 aliphatic rings. The Kier molecular flexibility index (Phi) is 4.57.